The van der Waals surface area contributed by atoms with Crippen LogP contribution >= 0.6 is 0 Å². The molecule has 2 N–H and O–H groups in total. The number of nitrogens with zero attached hydrogens (tertiary/aromatic N) is 6. The fourth-order valence-corrected chi connectivity index (χ4v) is 4.52. The van der Waals surface area contributed by atoms with Crippen molar-refractivity contribution >= 4 is 5.82 Å². The van der Waals surface area contributed by atoms with E-state index in [1.54, 1.807) is 42.6 Å². The lowest BCUT2D eigenvalue weighted by Gasteiger charge is -2.38. The fourth-order valence-electron chi connectivity index (χ4n) is 4.52. The molecule has 0 spiro atoms. The van der Waals surface area contributed by atoms with Gasteiger partial charge in [0.15, 0.2) is 5.82 Å². The van der Waals surface area contributed by atoms with E-state index in [9.17, 15) is 9.50 Å². The highest BCUT2D eigenvalue weighted by molar-refractivity contribution is 5.71. The van der Waals surface area contributed by atoms with Gasteiger partial charge in [-0.25, -0.2) is 14.4 Å². The van der Waals surface area contributed by atoms with Gasteiger partial charge in [0, 0.05) is 37.3 Å². The van der Waals surface area contributed by atoms with Crippen LogP contribution < -0.4 is 10.2 Å². The van der Waals surface area contributed by atoms with E-state index in [2.05, 4.69) is 25.4 Å². The molecule has 0 saturated carbocycles. The summed E-state index contributed by atoms with van der Waals surface area (Å²) in [6, 6.07) is 5.34. The van der Waals surface area contributed by atoms with E-state index in [1.807, 2.05) is 18.0 Å². The first-order valence-electron chi connectivity index (χ1n) is 10.1. The van der Waals surface area contributed by atoms with Crippen molar-refractivity contribution in [3.05, 3.63) is 36.9 Å². The van der Waals surface area contributed by atoms with Crippen LogP contribution in [0.5, 0.6) is 5.75 Å². The van der Waals surface area contributed by atoms with Crippen LogP contribution in [0.25, 0.3) is 22.6 Å². The zero-order valence-electron chi connectivity index (χ0n) is 16.9. The van der Waals surface area contributed by atoms with E-state index in [0.717, 1.165) is 24.8 Å². The third-order valence-corrected chi connectivity index (χ3v) is 6.18. The van der Waals surface area contributed by atoms with E-state index >= 15 is 0 Å². The Morgan fingerprint density at radius 2 is 2.07 bits per heavy atom. The van der Waals surface area contributed by atoms with Crippen LogP contribution in [-0.2, 0) is 7.05 Å². The summed E-state index contributed by atoms with van der Waals surface area (Å²) in [6.07, 6.45) is 6.63. The molecule has 2 aliphatic rings. The Labute approximate surface area is 173 Å². The minimum absolute atomic E-state index is 0.0625. The van der Waals surface area contributed by atoms with E-state index in [0.29, 0.717) is 28.9 Å². The van der Waals surface area contributed by atoms with Crippen LogP contribution in [0.4, 0.5) is 10.2 Å². The van der Waals surface area contributed by atoms with Gasteiger partial charge in [-0.3, -0.25) is 9.67 Å². The van der Waals surface area contributed by atoms with Gasteiger partial charge in [-0.05, 0) is 31.4 Å². The Hall–Kier alpha value is -3.07. The molecule has 30 heavy (non-hydrogen) atoms. The number of aromatic nitrogens is 5. The molecule has 5 rings (SSSR count). The first-order chi connectivity index (χ1) is 14.5. The highest BCUT2D eigenvalue weighted by Crippen LogP contribution is 2.34. The predicted molar refractivity (Wildman–Crippen MR) is 111 cm³/mol. The minimum atomic E-state index is -0.924. The van der Waals surface area contributed by atoms with Crippen LogP contribution in [0.15, 0.2) is 36.9 Å². The van der Waals surface area contributed by atoms with Gasteiger partial charge < -0.3 is 15.3 Å². The third kappa shape index (κ3) is 3.28. The molecule has 156 valence electrons. The molecule has 9 heteroatoms. The normalized spacial score (nSPS) is 25.4. The number of halogens is 1. The van der Waals surface area contributed by atoms with Gasteiger partial charge in [-0.2, -0.15) is 5.10 Å². The summed E-state index contributed by atoms with van der Waals surface area (Å²) < 4.78 is 16.5. The summed E-state index contributed by atoms with van der Waals surface area (Å²) in [5.74, 6) is 1.25. The van der Waals surface area contributed by atoms with Gasteiger partial charge in [-0.15, -0.1) is 0 Å². The molecule has 4 heterocycles. The summed E-state index contributed by atoms with van der Waals surface area (Å²) in [5, 5.41) is 18.1. The number of piperidine rings is 1. The Kier molecular flexibility index (Phi) is 4.62. The zero-order chi connectivity index (χ0) is 20.8. The largest absolute Gasteiger partial charge is 0.507 e. The second kappa shape index (κ2) is 7.32. The molecule has 0 unspecified atom stereocenters. The summed E-state index contributed by atoms with van der Waals surface area (Å²) >= 11 is 0. The second-order valence-electron chi connectivity index (χ2n) is 8.14. The quantitative estimate of drug-likeness (QED) is 0.683. The van der Waals surface area contributed by atoms with Crippen LogP contribution in [0, 0.1) is 0 Å². The summed E-state index contributed by atoms with van der Waals surface area (Å²) in [5.41, 5.74) is 1.84. The summed E-state index contributed by atoms with van der Waals surface area (Å²) in [6.45, 7) is 0. The summed E-state index contributed by atoms with van der Waals surface area (Å²) in [7, 11) is 3.66. The molecule has 1 aromatic carbocycles. The lowest BCUT2D eigenvalue weighted by Crippen LogP contribution is -2.55. The van der Waals surface area contributed by atoms with Crippen molar-refractivity contribution in [2.45, 2.75) is 43.6 Å². The van der Waals surface area contributed by atoms with Crippen LogP contribution in [0.1, 0.15) is 19.3 Å². The Morgan fingerprint density at radius 3 is 2.77 bits per heavy atom. The number of anilines is 1. The average molecular weight is 409 g/mol. The maximum absolute atomic E-state index is 14.9. The average Bonchev–Trinajstić information content (AvgIpc) is 3.37. The maximum Gasteiger partial charge on any atom is 0.181 e. The van der Waals surface area contributed by atoms with E-state index in [1.165, 1.54) is 0 Å². The van der Waals surface area contributed by atoms with Crippen LogP contribution in [-0.4, -0.2) is 61.2 Å². The number of fused-ring (bicyclic) bond motifs is 2. The van der Waals surface area contributed by atoms with Gasteiger partial charge in [-0.1, -0.05) is 6.07 Å². The SMILES string of the molecule is CN(c1cnc(-c2ccc(-c3ncn(C)n3)cc2O)cn1)[C@H]1C[C@@H]2CC[C@@H](N2)[C@H]1F. The van der Waals surface area contributed by atoms with Gasteiger partial charge >= 0.3 is 0 Å². The van der Waals surface area contributed by atoms with Crippen molar-refractivity contribution in [1.29, 1.82) is 0 Å². The smallest absolute Gasteiger partial charge is 0.181 e. The van der Waals surface area contributed by atoms with E-state index < -0.39 is 6.17 Å². The number of aromatic hydroxyl groups is 1. The molecule has 2 aliphatic heterocycles. The van der Waals surface area contributed by atoms with Crippen LogP contribution in [0.2, 0.25) is 0 Å². The topological polar surface area (TPSA) is 92.0 Å². The Morgan fingerprint density at radius 1 is 1.20 bits per heavy atom. The molecular formula is C21H24FN7O. The molecule has 2 fully saturated rings. The molecular weight excluding hydrogens is 385 g/mol. The lowest BCUT2D eigenvalue weighted by molar-refractivity contribution is 0.176. The predicted octanol–water partition coefficient (Wildman–Crippen LogP) is 2.31. The minimum Gasteiger partial charge on any atom is -0.507 e. The molecule has 2 aromatic heterocycles. The number of benzene rings is 1. The molecule has 3 aromatic rings. The molecule has 0 amide bonds. The number of hydrogen-bond donors (Lipinski definition) is 2. The fraction of sp³-hybridized carbons (Fsp3) is 0.429. The number of phenolic OH excluding ortho intramolecular Hbond substituents is 1. The number of alkyl halides is 1. The molecule has 0 aliphatic carbocycles. The first-order valence-corrected chi connectivity index (χ1v) is 10.1. The van der Waals surface area contributed by atoms with Crippen molar-refractivity contribution in [3.8, 4) is 28.4 Å². The van der Waals surface area contributed by atoms with Crippen molar-refractivity contribution < 1.29 is 9.50 Å². The van der Waals surface area contributed by atoms with Crippen molar-refractivity contribution in [1.82, 2.24) is 30.0 Å². The number of aryl methyl sites for hydroxylation is 1. The first kappa shape index (κ1) is 18.9. The molecule has 8 nitrogen and oxygen atoms in total. The summed E-state index contributed by atoms with van der Waals surface area (Å²) in [4.78, 5) is 15.1. The number of rotatable bonds is 4. The van der Waals surface area contributed by atoms with E-state index in [-0.39, 0.29) is 17.8 Å². The van der Waals surface area contributed by atoms with Crippen molar-refractivity contribution in [2.24, 2.45) is 7.05 Å². The van der Waals surface area contributed by atoms with Crippen molar-refractivity contribution in [3.63, 3.8) is 0 Å². The number of hydrogen-bond acceptors (Lipinski definition) is 7. The molecule has 4 atom stereocenters. The highest BCUT2D eigenvalue weighted by Gasteiger charge is 2.43. The van der Waals surface area contributed by atoms with Gasteiger partial charge in [0.1, 0.15) is 24.1 Å². The number of nitrogens with one attached hydrogen (secondary N) is 1. The lowest BCUT2D eigenvalue weighted by atomic mass is 9.96. The molecule has 2 bridgehead atoms. The van der Waals surface area contributed by atoms with Gasteiger partial charge in [0.2, 0.25) is 0 Å². The maximum atomic E-state index is 14.9. The number of phenols is 1. The third-order valence-electron chi connectivity index (χ3n) is 6.18. The standard InChI is InChI=1S/C21H24FN7O/c1-28-11-25-21(27-28)12-3-5-14(18(30)7-12)16-9-24-19(10-23-16)29(2)17-8-13-4-6-15(26-13)20(17)22/h3,5,7,9-11,13,15,17,20,26,30H,4,6,8H2,1-2H3/t13-,15+,17-,20+/m0/s1. The Balaban J connectivity index is 1.36. The zero-order valence-corrected chi connectivity index (χ0v) is 16.9. The van der Waals surface area contributed by atoms with E-state index in [4.69, 9.17) is 0 Å². The monoisotopic (exact) mass is 409 g/mol. The van der Waals surface area contributed by atoms with Gasteiger partial charge in [0.05, 0.1) is 24.1 Å². The molecule has 0 radical (unpaired) electrons. The molecule has 2 saturated heterocycles. The Bertz CT molecular complexity index is 1050. The van der Waals surface area contributed by atoms with Crippen LogP contribution in [0.3, 0.4) is 0 Å². The van der Waals surface area contributed by atoms with Gasteiger partial charge in [0.25, 0.3) is 0 Å². The highest BCUT2D eigenvalue weighted by atomic mass is 19.1. The van der Waals surface area contributed by atoms with Crippen molar-refractivity contribution in [2.75, 3.05) is 11.9 Å². The second-order valence-corrected chi connectivity index (χ2v) is 8.14.